The Morgan fingerprint density at radius 1 is 1.44 bits per heavy atom. The second-order valence-electron chi connectivity index (χ2n) is 4.67. The van der Waals surface area contributed by atoms with E-state index in [-0.39, 0.29) is 12.1 Å². The molecule has 0 aromatic carbocycles. The number of rotatable bonds is 3. The van der Waals surface area contributed by atoms with Gasteiger partial charge in [-0.15, -0.1) is 0 Å². The van der Waals surface area contributed by atoms with Gasteiger partial charge in [0.25, 0.3) is 0 Å². The number of thioether (sulfide) groups is 1. The summed E-state index contributed by atoms with van der Waals surface area (Å²) in [6, 6.07) is 0. The Morgan fingerprint density at radius 2 is 2.12 bits per heavy atom. The van der Waals surface area contributed by atoms with Gasteiger partial charge in [0.15, 0.2) is 0 Å². The summed E-state index contributed by atoms with van der Waals surface area (Å²) in [7, 11) is 3.02. The normalized spacial score (nSPS) is 42.8. The first-order chi connectivity index (χ1) is 7.58. The van der Waals surface area contributed by atoms with E-state index >= 15 is 0 Å². The lowest BCUT2D eigenvalue weighted by Gasteiger charge is -2.52. The highest BCUT2D eigenvalue weighted by molar-refractivity contribution is 7.99. The van der Waals surface area contributed by atoms with Gasteiger partial charge in [-0.2, -0.15) is 11.8 Å². The molecule has 0 bridgehead atoms. The highest BCUT2D eigenvalue weighted by Gasteiger charge is 2.64. The summed E-state index contributed by atoms with van der Waals surface area (Å²) in [6.45, 7) is 0. The van der Waals surface area contributed by atoms with E-state index in [1.807, 2.05) is 0 Å². The molecule has 1 heterocycles. The lowest BCUT2D eigenvalue weighted by atomic mass is 9.57. The van der Waals surface area contributed by atoms with E-state index in [0.717, 1.165) is 5.75 Å². The zero-order chi connectivity index (χ0) is 11.8. The summed E-state index contributed by atoms with van der Waals surface area (Å²) in [5.41, 5.74) is -1.63. The summed E-state index contributed by atoms with van der Waals surface area (Å²) >= 11 is 1.70. The van der Waals surface area contributed by atoms with E-state index in [9.17, 15) is 9.90 Å². The van der Waals surface area contributed by atoms with E-state index in [2.05, 4.69) is 0 Å². The van der Waals surface area contributed by atoms with Gasteiger partial charge in [-0.25, -0.2) is 0 Å². The van der Waals surface area contributed by atoms with E-state index in [1.165, 1.54) is 7.11 Å². The summed E-state index contributed by atoms with van der Waals surface area (Å²) in [5, 5.41) is 10.6. The number of methoxy groups -OCH3 is 2. The average molecular weight is 246 g/mol. The molecule has 1 aliphatic carbocycles. The van der Waals surface area contributed by atoms with Crippen LogP contribution in [0.3, 0.4) is 0 Å². The Kier molecular flexibility index (Phi) is 3.20. The van der Waals surface area contributed by atoms with Crippen molar-refractivity contribution in [3.63, 3.8) is 0 Å². The zero-order valence-corrected chi connectivity index (χ0v) is 10.5. The number of hydrogen-bond donors (Lipinski definition) is 1. The van der Waals surface area contributed by atoms with Crippen LogP contribution in [0.2, 0.25) is 0 Å². The SMILES string of the molecule is COC(=O)C1(C2(O)CCSC2)CC(OC)C1. The summed E-state index contributed by atoms with van der Waals surface area (Å²) in [4.78, 5) is 11.9. The van der Waals surface area contributed by atoms with Crippen molar-refractivity contribution >= 4 is 17.7 Å². The lowest BCUT2D eigenvalue weighted by Crippen LogP contribution is -2.62. The molecule has 1 atom stereocenters. The van der Waals surface area contributed by atoms with Gasteiger partial charge < -0.3 is 14.6 Å². The number of hydrogen-bond acceptors (Lipinski definition) is 5. The topological polar surface area (TPSA) is 55.8 Å². The fourth-order valence-electron chi connectivity index (χ4n) is 2.75. The largest absolute Gasteiger partial charge is 0.469 e. The van der Waals surface area contributed by atoms with Gasteiger partial charge in [-0.05, 0) is 25.0 Å². The fraction of sp³-hybridized carbons (Fsp3) is 0.909. The van der Waals surface area contributed by atoms with Crippen LogP contribution in [0.15, 0.2) is 0 Å². The first kappa shape index (κ1) is 12.2. The maximum atomic E-state index is 11.9. The van der Waals surface area contributed by atoms with Crippen LogP contribution in [0, 0.1) is 5.41 Å². The van der Waals surface area contributed by atoms with Crippen LogP contribution in [0.1, 0.15) is 19.3 Å². The van der Waals surface area contributed by atoms with Gasteiger partial charge in [0, 0.05) is 12.9 Å². The maximum absolute atomic E-state index is 11.9. The molecule has 1 saturated carbocycles. The average Bonchev–Trinajstić information content (AvgIpc) is 2.64. The minimum absolute atomic E-state index is 0.0775. The van der Waals surface area contributed by atoms with Crippen molar-refractivity contribution in [2.45, 2.75) is 31.0 Å². The molecular weight excluding hydrogens is 228 g/mol. The molecule has 92 valence electrons. The molecule has 1 N–H and O–H groups in total. The number of esters is 1. The van der Waals surface area contributed by atoms with Crippen molar-refractivity contribution in [3.05, 3.63) is 0 Å². The first-order valence-corrected chi connectivity index (χ1v) is 6.65. The second kappa shape index (κ2) is 4.20. The third-order valence-electron chi connectivity index (χ3n) is 3.95. The van der Waals surface area contributed by atoms with E-state index in [4.69, 9.17) is 9.47 Å². The molecule has 2 aliphatic rings. The van der Waals surface area contributed by atoms with Crippen molar-refractivity contribution in [2.75, 3.05) is 25.7 Å². The predicted molar refractivity (Wildman–Crippen MR) is 61.4 cm³/mol. The maximum Gasteiger partial charge on any atom is 0.314 e. The van der Waals surface area contributed by atoms with E-state index in [1.54, 1.807) is 18.9 Å². The van der Waals surface area contributed by atoms with Crippen LogP contribution in [0.4, 0.5) is 0 Å². The molecule has 0 aromatic heterocycles. The molecule has 0 amide bonds. The highest BCUT2D eigenvalue weighted by atomic mass is 32.2. The molecule has 0 radical (unpaired) electrons. The van der Waals surface area contributed by atoms with Crippen molar-refractivity contribution in [3.8, 4) is 0 Å². The monoisotopic (exact) mass is 246 g/mol. The molecule has 4 nitrogen and oxygen atoms in total. The zero-order valence-electron chi connectivity index (χ0n) is 9.69. The van der Waals surface area contributed by atoms with Crippen LogP contribution >= 0.6 is 11.8 Å². The third kappa shape index (κ3) is 1.57. The first-order valence-electron chi connectivity index (χ1n) is 5.49. The van der Waals surface area contributed by atoms with Gasteiger partial charge in [-0.3, -0.25) is 4.79 Å². The van der Waals surface area contributed by atoms with Crippen LogP contribution in [-0.4, -0.2) is 48.5 Å². The standard InChI is InChI=1S/C11H18O4S/c1-14-8-5-10(6-8,9(12)15-2)11(13)3-4-16-7-11/h8,13H,3-7H2,1-2H3. The molecule has 1 unspecified atom stereocenters. The summed E-state index contributed by atoms with van der Waals surface area (Å²) < 4.78 is 10.1. The van der Waals surface area contributed by atoms with Gasteiger partial charge in [0.1, 0.15) is 5.41 Å². The molecular formula is C11H18O4S. The summed E-state index contributed by atoms with van der Waals surface area (Å²) in [6.07, 6.45) is 1.90. The molecule has 0 aromatic rings. The molecule has 1 saturated heterocycles. The second-order valence-corrected chi connectivity index (χ2v) is 5.78. The van der Waals surface area contributed by atoms with Crippen molar-refractivity contribution < 1.29 is 19.4 Å². The molecule has 2 fully saturated rings. The van der Waals surface area contributed by atoms with Crippen molar-refractivity contribution in [1.82, 2.24) is 0 Å². The van der Waals surface area contributed by atoms with Crippen LogP contribution < -0.4 is 0 Å². The molecule has 2 rings (SSSR count). The van der Waals surface area contributed by atoms with Gasteiger partial charge in [0.2, 0.25) is 0 Å². The number of carbonyl (C=O) groups excluding carboxylic acids is 1. The smallest absolute Gasteiger partial charge is 0.314 e. The number of aliphatic hydroxyl groups is 1. The molecule has 16 heavy (non-hydrogen) atoms. The number of ether oxygens (including phenoxy) is 2. The third-order valence-corrected chi connectivity index (χ3v) is 5.13. The van der Waals surface area contributed by atoms with E-state index < -0.39 is 11.0 Å². The van der Waals surface area contributed by atoms with Crippen molar-refractivity contribution in [1.29, 1.82) is 0 Å². The minimum Gasteiger partial charge on any atom is -0.469 e. The predicted octanol–water partition coefficient (Wildman–Crippen LogP) is 0.823. The van der Waals surface area contributed by atoms with E-state index in [0.29, 0.717) is 25.0 Å². The Bertz CT molecular complexity index is 280. The minimum atomic E-state index is -0.903. The Balaban J connectivity index is 2.19. The Morgan fingerprint density at radius 3 is 2.56 bits per heavy atom. The fourth-order valence-corrected chi connectivity index (χ4v) is 4.13. The van der Waals surface area contributed by atoms with Gasteiger partial charge in [-0.1, -0.05) is 0 Å². The quantitative estimate of drug-likeness (QED) is 0.747. The Hall–Kier alpha value is -0.260. The van der Waals surface area contributed by atoms with Crippen LogP contribution in [0.25, 0.3) is 0 Å². The number of carbonyl (C=O) groups is 1. The van der Waals surface area contributed by atoms with Gasteiger partial charge >= 0.3 is 5.97 Å². The molecule has 5 heteroatoms. The Labute approximate surface area is 99.7 Å². The van der Waals surface area contributed by atoms with Crippen LogP contribution in [0.5, 0.6) is 0 Å². The summed E-state index contributed by atoms with van der Waals surface area (Å²) in [5.74, 6) is 1.25. The van der Waals surface area contributed by atoms with Crippen LogP contribution in [-0.2, 0) is 14.3 Å². The molecule has 1 aliphatic heterocycles. The molecule has 0 spiro atoms. The van der Waals surface area contributed by atoms with Gasteiger partial charge in [0.05, 0.1) is 18.8 Å². The highest BCUT2D eigenvalue weighted by Crippen LogP contribution is 2.55. The van der Waals surface area contributed by atoms with Crippen molar-refractivity contribution in [2.24, 2.45) is 5.41 Å². The lowest BCUT2D eigenvalue weighted by molar-refractivity contribution is -0.203.